The number of esters is 1. The van der Waals surface area contributed by atoms with E-state index >= 15 is 0 Å². The van der Waals surface area contributed by atoms with Crippen LogP contribution in [0.25, 0.3) is 0 Å². The minimum Gasteiger partial charge on any atom is -0.469 e. The minimum atomic E-state index is -0.198. The van der Waals surface area contributed by atoms with Crippen molar-refractivity contribution in [1.82, 2.24) is 0 Å². The molecule has 0 radical (unpaired) electrons. The number of aryl methyl sites for hydroxylation is 2. The number of ketones is 1. The number of benzene rings is 1. The van der Waals surface area contributed by atoms with Crippen molar-refractivity contribution in [3.05, 3.63) is 34.9 Å². The van der Waals surface area contributed by atoms with Crippen molar-refractivity contribution >= 4 is 11.8 Å². The smallest absolute Gasteiger partial charge is 0.305 e. The summed E-state index contributed by atoms with van der Waals surface area (Å²) in [4.78, 5) is 24.9. The fourth-order valence-electron chi connectivity index (χ4n) is 6.44. The van der Waals surface area contributed by atoms with E-state index in [-0.39, 0.29) is 18.0 Å². The van der Waals surface area contributed by atoms with Crippen LogP contribution in [0.15, 0.2) is 18.2 Å². The van der Waals surface area contributed by atoms with Crippen LogP contribution in [0.3, 0.4) is 0 Å². The molecule has 0 spiro atoms. The van der Waals surface area contributed by atoms with E-state index in [1.807, 2.05) is 0 Å². The number of ether oxygens (including phenoxy) is 3. The molecule has 3 rings (SSSR count). The Labute approximate surface area is 225 Å². The molecule has 5 heteroatoms. The fourth-order valence-corrected chi connectivity index (χ4v) is 6.44. The predicted octanol–water partition coefficient (Wildman–Crippen LogP) is 7.31. The molecule has 0 bridgehead atoms. The zero-order valence-electron chi connectivity index (χ0n) is 23.8. The first kappa shape index (κ1) is 29.8. The molecule has 1 aliphatic carbocycles. The van der Waals surface area contributed by atoms with Gasteiger partial charge in [-0.25, -0.2) is 0 Å². The molecule has 37 heavy (non-hydrogen) atoms. The molecule has 5 atom stereocenters. The van der Waals surface area contributed by atoms with Gasteiger partial charge in [-0.15, -0.1) is 0 Å². The van der Waals surface area contributed by atoms with Crippen molar-refractivity contribution in [2.45, 2.75) is 104 Å². The van der Waals surface area contributed by atoms with Crippen LogP contribution in [0.4, 0.5) is 0 Å². The number of carbonyl (C=O) groups excluding carboxylic acids is 2. The Kier molecular flexibility index (Phi) is 12.6. The molecule has 0 aromatic heterocycles. The van der Waals surface area contributed by atoms with Crippen molar-refractivity contribution in [3.63, 3.8) is 0 Å². The normalized spacial score (nSPS) is 24.2. The van der Waals surface area contributed by atoms with E-state index in [9.17, 15) is 9.59 Å². The topological polar surface area (TPSA) is 61.8 Å². The quantitative estimate of drug-likeness (QED) is 0.204. The number of methoxy groups -OCH3 is 1. The van der Waals surface area contributed by atoms with Gasteiger partial charge in [0.2, 0.25) is 0 Å². The Hall–Kier alpha value is -1.72. The Morgan fingerprint density at radius 1 is 1.03 bits per heavy atom. The molecule has 1 saturated carbocycles. The van der Waals surface area contributed by atoms with Crippen LogP contribution in [0.1, 0.15) is 107 Å². The van der Waals surface area contributed by atoms with Crippen molar-refractivity contribution in [2.75, 3.05) is 26.9 Å². The molecule has 208 valence electrons. The van der Waals surface area contributed by atoms with Crippen LogP contribution < -0.4 is 0 Å². The van der Waals surface area contributed by atoms with Gasteiger partial charge in [-0.1, -0.05) is 49.1 Å². The fraction of sp³-hybridized carbons (Fsp3) is 0.750. The van der Waals surface area contributed by atoms with Crippen molar-refractivity contribution in [3.8, 4) is 0 Å². The Balaban J connectivity index is 1.57. The molecule has 1 aromatic carbocycles. The first-order valence-corrected chi connectivity index (χ1v) is 14.7. The molecule has 2 aliphatic rings. The summed E-state index contributed by atoms with van der Waals surface area (Å²) in [6.07, 6.45) is 11.6. The molecule has 5 nitrogen and oxygen atoms in total. The summed E-state index contributed by atoms with van der Waals surface area (Å²) in [6, 6.07) is 6.64. The summed E-state index contributed by atoms with van der Waals surface area (Å²) >= 11 is 0. The lowest BCUT2D eigenvalue weighted by Gasteiger charge is -2.35. The van der Waals surface area contributed by atoms with Gasteiger partial charge >= 0.3 is 5.97 Å². The molecule has 1 aliphatic heterocycles. The highest BCUT2D eigenvalue weighted by molar-refractivity contribution is 5.81. The second-order valence-corrected chi connectivity index (χ2v) is 11.8. The summed E-state index contributed by atoms with van der Waals surface area (Å²) in [5.41, 5.74) is 3.66. The number of hydrogen-bond acceptors (Lipinski definition) is 5. The van der Waals surface area contributed by atoms with Gasteiger partial charge in [0.25, 0.3) is 0 Å². The van der Waals surface area contributed by atoms with E-state index in [1.54, 1.807) is 0 Å². The highest BCUT2D eigenvalue weighted by Gasteiger charge is 2.33. The Morgan fingerprint density at radius 2 is 1.81 bits per heavy atom. The number of hydrogen-bond donors (Lipinski definition) is 0. The van der Waals surface area contributed by atoms with Gasteiger partial charge in [-0.3, -0.25) is 9.59 Å². The zero-order valence-corrected chi connectivity index (χ0v) is 23.8. The van der Waals surface area contributed by atoms with Gasteiger partial charge < -0.3 is 14.2 Å². The number of carbonyl (C=O) groups is 2. The highest BCUT2D eigenvalue weighted by atomic mass is 16.5. The van der Waals surface area contributed by atoms with E-state index in [0.29, 0.717) is 49.4 Å². The van der Waals surface area contributed by atoms with Crippen LogP contribution in [-0.4, -0.2) is 38.7 Å². The molecule has 1 saturated heterocycles. The predicted molar refractivity (Wildman–Crippen MR) is 147 cm³/mol. The van der Waals surface area contributed by atoms with Gasteiger partial charge in [0.05, 0.1) is 13.2 Å². The molecule has 5 unspecified atom stereocenters. The zero-order chi connectivity index (χ0) is 26.6. The summed E-state index contributed by atoms with van der Waals surface area (Å²) in [5.74, 6) is 1.92. The molecule has 0 amide bonds. The third-order valence-electron chi connectivity index (χ3n) is 8.34. The van der Waals surface area contributed by atoms with Crippen LogP contribution in [-0.2, 0) is 23.8 Å². The van der Waals surface area contributed by atoms with Crippen molar-refractivity contribution < 1.29 is 23.8 Å². The number of rotatable bonds is 13. The summed E-state index contributed by atoms with van der Waals surface area (Å²) in [7, 11) is 1.42. The molecule has 0 N–H and O–H groups in total. The summed E-state index contributed by atoms with van der Waals surface area (Å²) in [6.45, 7) is 8.87. The van der Waals surface area contributed by atoms with Gasteiger partial charge in [0.1, 0.15) is 5.78 Å². The van der Waals surface area contributed by atoms with Crippen molar-refractivity contribution in [1.29, 1.82) is 0 Å². The Morgan fingerprint density at radius 3 is 2.57 bits per heavy atom. The van der Waals surface area contributed by atoms with Crippen LogP contribution in [0, 0.1) is 37.5 Å². The maximum Gasteiger partial charge on any atom is 0.305 e. The highest BCUT2D eigenvalue weighted by Crippen LogP contribution is 2.41. The van der Waals surface area contributed by atoms with Crippen LogP contribution >= 0.6 is 0 Å². The number of Topliss-reactive ketones (excluding diaryl/α,β-unsaturated/α-hetero) is 1. The van der Waals surface area contributed by atoms with Gasteiger partial charge in [-0.05, 0) is 88.5 Å². The minimum absolute atomic E-state index is 0.0407. The third-order valence-corrected chi connectivity index (χ3v) is 8.34. The molecule has 1 heterocycles. The average molecular weight is 515 g/mol. The maximum atomic E-state index is 13.3. The summed E-state index contributed by atoms with van der Waals surface area (Å²) in [5, 5.41) is 0. The van der Waals surface area contributed by atoms with E-state index in [0.717, 1.165) is 45.3 Å². The second-order valence-electron chi connectivity index (χ2n) is 11.8. The lowest BCUT2D eigenvalue weighted by Crippen LogP contribution is -2.28. The van der Waals surface area contributed by atoms with Crippen molar-refractivity contribution in [2.24, 2.45) is 23.7 Å². The van der Waals surface area contributed by atoms with Gasteiger partial charge in [0.15, 0.2) is 0 Å². The van der Waals surface area contributed by atoms with Crippen LogP contribution in [0.5, 0.6) is 0 Å². The van der Waals surface area contributed by atoms with E-state index in [1.165, 1.54) is 49.5 Å². The van der Waals surface area contributed by atoms with Gasteiger partial charge in [0, 0.05) is 38.6 Å². The van der Waals surface area contributed by atoms with E-state index in [2.05, 4.69) is 39.0 Å². The standard InChI is InChI=1S/C32H50O5/c1-23(18-26-9-5-6-15-36-22-26)13-14-30(33)27-10-7-11-28(21-27)32(37-16-8-12-31(34)35-4)29-19-24(2)17-25(3)20-29/h17,19-20,23,26-28,32H,5-16,18,21-22H2,1-4H3. The van der Waals surface area contributed by atoms with Gasteiger partial charge in [-0.2, -0.15) is 0 Å². The molecular weight excluding hydrogens is 464 g/mol. The maximum absolute atomic E-state index is 13.3. The molecular formula is C32H50O5. The first-order chi connectivity index (χ1) is 17.9. The van der Waals surface area contributed by atoms with E-state index < -0.39 is 0 Å². The second kappa shape index (κ2) is 15.6. The molecule has 1 aromatic rings. The first-order valence-electron chi connectivity index (χ1n) is 14.7. The lowest BCUT2D eigenvalue weighted by atomic mass is 9.74. The Bertz CT molecular complexity index is 821. The largest absolute Gasteiger partial charge is 0.469 e. The average Bonchev–Trinajstić information content (AvgIpc) is 3.15. The monoisotopic (exact) mass is 514 g/mol. The van der Waals surface area contributed by atoms with E-state index in [4.69, 9.17) is 14.2 Å². The molecule has 2 fully saturated rings. The SMILES string of the molecule is COC(=O)CCCOC(c1cc(C)cc(C)c1)C1CCCC(C(=O)CCC(C)CC2CCCCOC2)C1. The third kappa shape index (κ3) is 10.2. The summed E-state index contributed by atoms with van der Waals surface area (Å²) < 4.78 is 17.0. The van der Waals surface area contributed by atoms with Crippen LogP contribution in [0.2, 0.25) is 0 Å². The lowest BCUT2D eigenvalue weighted by molar-refractivity contribution is -0.141.